The molecule has 1 N–H and O–H groups in total. The second-order valence-electron chi connectivity index (χ2n) is 1.06. The summed E-state index contributed by atoms with van der Waals surface area (Å²) in [7, 11) is -0.0824. The highest BCUT2D eigenvalue weighted by Crippen LogP contribution is 1.99. The fraction of sp³-hybridized carbons (Fsp3) is 0.750. The van der Waals surface area contributed by atoms with Gasteiger partial charge in [0.25, 0.3) is 0 Å². The first-order valence-electron chi connectivity index (χ1n) is 2.15. The molecule has 43 valence electrons. The van der Waals surface area contributed by atoms with Crippen LogP contribution in [0.5, 0.6) is 0 Å². The Kier molecular flexibility index (Phi) is 6.67. The van der Waals surface area contributed by atoms with E-state index in [1.54, 1.807) is 0 Å². The van der Waals surface area contributed by atoms with Crippen LogP contribution in [-0.2, 0) is 4.74 Å². The summed E-state index contributed by atoms with van der Waals surface area (Å²) in [5, 5.41) is 0. The van der Waals surface area contributed by atoms with Gasteiger partial charge < -0.3 is 9.63 Å². The molecule has 0 fully saturated rings. The molecule has 1 unspecified atom stereocenters. The summed E-state index contributed by atoms with van der Waals surface area (Å²) in [5.41, 5.74) is 0. The lowest BCUT2D eigenvalue weighted by molar-refractivity contribution is 0.182. The van der Waals surface area contributed by atoms with Gasteiger partial charge in [-0.25, -0.2) is 0 Å². The number of hydrogen-bond donors (Lipinski definition) is 1. The van der Waals surface area contributed by atoms with Gasteiger partial charge in [0.2, 0.25) is 0 Å². The maximum absolute atomic E-state index is 8.18. The van der Waals surface area contributed by atoms with E-state index in [1.807, 2.05) is 0 Å². The molecule has 0 bridgehead atoms. The number of hydrogen-bond acceptors (Lipinski definition) is 2. The molecule has 0 amide bonds. The number of rotatable bonds is 4. The molecule has 0 heterocycles. The van der Waals surface area contributed by atoms with Crippen LogP contribution < -0.4 is 0 Å². The summed E-state index contributed by atoms with van der Waals surface area (Å²) in [6, 6.07) is 0. The molecular weight excluding hydrogens is 111 g/mol. The van der Waals surface area contributed by atoms with Gasteiger partial charge in [0, 0.05) is 15.4 Å². The first-order valence-corrected chi connectivity index (χ1v) is 3.31. The van der Waals surface area contributed by atoms with Crippen molar-refractivity contribution in [2.45, 2.75) is 6.42 Å². The second-order valence-corrected chi connectivity index (χ2v) is 1.67. The highest BCUT2D eigenvalue weighted by atomic mass is 31.1. The molecule has 0 spiro atoms. The standard InChI is InChI=1S/C4H10O2P/c1-2-3-6-4-7-5/h5,7H,1-4H2. The van der Waals surface area contributed by atoms with Gasteiger partial charge in [0.05, 0.1) is 6.35 Å². The Morgan fingerprint density at radius 1 is 1.71 bits per heavy atom. The summed E-state index contributed by atoms with van der Waals surface area (Å²) in [6.07, 6.45) is 1.25. The minimum absolute atomic E-state index is 0.0824. The Balaban J connectivity index is 2.45. The van der Waals surface area contributed by atoms with Crippen molar-refractivity contribution in [1.29, 1.82) is 0 Å². The third-order valence-electron chi connectivity index (χ3n) is 0.455. The van der Waals surface area contributed by atoms with Gasteiger partial charge in [-0.3, -0.25) is 0 Å². The molecule has 0 saturated heterocycles. The van der Waals surface area contributed by atoms with E-state index in [0.717, 1.165) is 6.42 Å². The van der Waals surface area contributed by atoms with Crippen molar-refractivity contribution in [3.63, 3.8) is 0 Å². The largest absolute Gasteiger partial charge is 0.375 e. The van der Waals surface area contributed by atoms with Crippen molar-refractivity contribution < 1.29 is 9.63 Å². The molecule has 7 heavy (non-hydrogen) atoms. The topological polar surface area (TPSA) is 29.5 Å². The van der Waals surface area contributed by atoms with E-state index in [2.05, 4.69) is 6.92 Å². The van der Waals surface area contributed by atoms with Gasteiger partial charge in [-0.2, -0.15) is 0 Å². The van der Waals surface area contributed by atoms with Crippen molar-refractivity contribution >= 4 is 8.81 Å². The van der Waals surface area contributed by atoms with Gasteiger partial charge in [-0.05, 0) is 6.42 Å². The van der Waals surface area contributed by atoms with Crippen LogP contribution in [0.15, 0.2) is 0 Å². The SMILES string of the molecule is [CH2]CCOCPO. The molecule has 3 heteroatoms. The molecule has 0 rings (SSSR count). The van der Waals surface area contributed by atoms with Crippen LogP contribution in [0.4, 0.5) is 0 Å². The fourth-order valence-corrected chi connectivity index (χ4v) is 0.455. The molecule has 0 aromatic rings. The van der Waals surface area contributed by atoms with Crippen LogP contribution in [0, 0.1) is 6.92 Å². The van der Waals surface area contributed by atoms with Crippen LogP contribution in [-0.4, -0.2) is 17.8 Å². The van der Waals surface area contributed by atoms with Gasteiger partial charge in [0.15, 0.2) is 0 Å². The lowest BCUT2D eigenvalue weighted by Crippen LogP contribution is -1.88. The maximum Gasteiger partial charge on any atom is 0.0877 e. The summed E-state index contributed by atoms with van der Waals surface area (Å²) >= 11 is 0. The Morgan fingerprint density at radius 3 is 2.86 bits per heavy atom. The van der Waals surface area contributed by atoms with Crippen LogP contribution in [0.3, 0.4) is 0 Å². The zero-order valence-electron chi connectivity index (χ0n) is 4.18. The van der Waals surface area contributed by atoms with Crippen molar-refractivity contribution in [2.75, 3.05) is 13.0 Å². The summed E-state index contributed by atoms with van der Waals surface area (Å²) in [4.78, 5) is 8.18. The van der Waals surface area contributed by atoms with Crippen LogP contribution in [0.2, 0.25) is 0 Å². The van der Waals surface area contributed by atoms with Gasteiger partial charge in [-0.15, -0.1) is 0 Å². The summed E-state index contributed by atoms with van der Waals surface area (Å²) in [5.74, 6) is 0. The highest BCUT2D eigenvalue weighted by molar-refractivity contribution is 7.30. The Hall–Kier alpha value is 0.350. The minimum Gasteiger partial charge on any atom is -0.375 e. The van der Waals surface area contributed by atoms with E-state index < -0.39 is 0 Å². The van der Waals surface area contributed by atoms with Gasteiger partial charge in [-0.1, -0.05) is 6.92 Å². The summed E-state index contributed by atoms with van der Waals surface area (Å²) < 4.78 is 4.83. The smallest absolute Gasteiger partial charge is 0.0877 e. The predicted octanol–water partition coefficient (Wildman–Crippen LogP) is 0.770. The average molecular weight is 121 g/mol. The molecule has 1 atom stereocenters. The Bertz CT molecular complexity index is 28.9. The van der Waals surface area contributed by atoms with Crippen LogP contribution in [0.1, 0.15) is 6.42 Å². The van der Waals surface area contributed by atoms with Crippen molar-refractivity contribution in [1.82, 2.24) is 0 Å². The maximum atomic E-state index is 8.18. The lowest BCUT2D eigenvalue weighted by Gasteiger charge is -1.94. The van der Waals surface area contributed by atoms with E-state index in [9.17, 15) is 0 Å². The molecule has 0 aromatic heterocycles. The molecule has 0 aromatic carbocycles. The van der Waals surface area contributed by atoms with Crippen LogP contribution >= 0.6 is 8.81 Å². The highest BCUT2D eigenvalue weighted by Gasteiger charge is 1.78. The van der Waals surface area contributed by atoms with Crippen LogP contribution in [0.25, 0.3) is 0 Å². The van der Waals surface area contributed by atoms with E-state index in [4.69, 9.17) is 9.63 Å². The monoisotopic (exact) mass is 121 g/mol. The lowest BCUT2D eigenvalue weighted by atomic mass is 10.5. The zero-order valence-corrected chi connectivity index (χ0v) is 5.18. The van der Waals surface area contributed by atoms with Gasteiger partial charge >= 0.3 is 0 Å². The van der Waals surface area contributed by atoms with Gasteiger partial charge in [0.1, 0.15) is 0 Å². The Labute approximate surface area is 45.7 Å². The number of ether oxygens (including phenoxy) is 1. The molecule has 0 aliphatic carbocycles. The second kappa shape index (κ2) is 6.35. The van der Waals surface area contributed by atoms with E-state index in [-0.39, 0.29) is 8.81 Å². The van der Waals surface area contributed by atoms with Crippen molar-refractivity contribution in [3.8, 4) is 0 Å². The zero-order chi connectivity index (χ0) is 5.54. The van der Waals surface area contributed by atoms with E-state index in [1.165, 1.54) is 0 Å². The Morgan fingerprint density at radius 2 is 2.43 bits per heavy atom. The van der Waals surface area contributed by atoms with E-state index >= 15 is 0 Å². The third kappa shape index (κ3) is 6.35. The third-order valence-corrected chi connectivity index (χ3v) is 0.789. The molecule has 0 saturated carbocycles. The molecular formula is C4H10O2P. The van der Waals surface area contributed by atoms with Crippen molar-refractivity contribution in [3.05, 3.63) is 6.92 Å². The molecule has 1 radical (unpaired) electrons. The van der Waals surface area contributed by atoms with E-state index in [0.29, 0.717) is 13.0 Å². The molecule has 2 nitrogen and oxygen atoms in total. The molecule has 0 aliphatic rings. The quantitative estimate of drug-likeness (QED) is 0.439. The molecule has 0 aliphatic heterocycles. The fourth-order valence-electron chi connectivity index (χ4n) is 0.220. The predicted molar refractivity (Wildman–Crippen MR) is 31.3 cm³/mol. The normalized spacial score (nSPS) is 11.1. The minimum atomic E-state index is -0.0824. The average Bonchev–Trinajstić information content (AvgIpc) is 1.69. The summed E-state index contributed by atoms with van der Waals surface area (Å²) in [6.45, 7) is 4.21. The first-order chi connectivity index (χ1) is 3.41. The first kappa shape index (κ1) is 7.35. The van der Waals surface area contributed by atoms with Crippen molar-refractivity contribution in [2.24, 2.45) is 0 Å².